The normalized spacial score (nSPS) is 11.6. The van der Waals surface area contributed by atoms with Crippen LogP contribution in [0.3, 0.4) is 0 Å². The smallest absolute Gasteiger partial charge is 0.174 e. The van der Waals surface area contributed by atoms with Gasteiger partial charge in [0, 0.05) is 43.8 Å². The third-order valence-corrected chi connectivity index (χ3v) is 11.5. The van der Waals surface area contributed by atoms with Gasteiger partial charge < -0.3 is 9.13 Å². The van der Waals surface area contributed by atoms with Crippen LogP contribution in [0.4, 0.5) is 0 Å². The molecule has 0 aliphatic heterocycles. The zero-order chi connectivity index (χ0) is 36.3. The van der Waals surface area contributed by atoms with Gasteiger partial charge in [-0.2, -0.15) is 4.37 Å². The summed E-state index contributed by atoms with van der Waals surface area (Å²) in [6.07, 6.45) is 0. The van der Waals surface area contributed by atoms with Crippen LogP contribution in [-0.2, 0) is 0 Å². The zero-order valence-corrected chi connectivity index (χ0v) is 30.5. The summed E-state index contributed by atoms with van der Waals surface area (Å²) in [7, 11) is 0. The van der Waals surface area contributed by atoms with Gasteiger partial charge in [0.2, 0.25) is 0 Å². The highest BCUT2D eigenvalue weighted by Crippen LogP contribution is 2.43. The fourth-order valence-corrected chi connectivity index (χ4v) is 9.13. The standard InChI is InChI=1S/C50H32N4S/c1-3-17-33(18-4-1)35-21-7-11-27-41(35)53-43-29-13-9-23-37(43)47-39(25-15-31-45(47)53)49-51-50(55-52-49)40-26-16-32-46-48(40)38-24-10-14-30-44(38)54(46)42-28-12-8-22-36(42)34-19-5-2-6-20-34/h1-32H. The van der Waals surface area contributed by atoms with Crippen molar-refractivity contribution in [1.29, 1.82) is 0 Å². The van der Waals surface area contributed by atoms with Crippen LogP contribution in [0.2, 0.25) is 0 Å². The molecule has 0 radical (unpaired) electrons. The Kier molecular flexibility index (Phi) is 7.32. The van der Waals surface area contributed by atoms with Crippen molar-refractivity contribution in [3.05, 3.63) is 194 Å². The Morgan fingerprint density at radius 2 is 0.764 bits per heavy atom. The molecule has 0 N–H and O–H groups in total. The zero-order valence-electron chi connectivity index (χ0n) is 29.7. The van der Waals surface area contributed by atoms with Gasteiger partial charge >= 0.3 is 0 Å². The van der Waals surface area contributed by atoms with E-state index in [2.05, 4.69) is 203 Å². The van der Waals surface area contributed by atoms with Gasteiger partial charge in [-0.3, -0.25) is 0 Å². The molecule has 8 aromatic carbocycles. The van der Waals surface area contributed by atoms with Crippen molar-refractivity contribution in [3.8, 4) is 55.6 Å². The minimum absolute atomic E-state index is 0.736. The van der Waals surface area contributed by atoms with Crippen LogP contribution in [0.25, 0.3) is 99.2 Å². The largest absolute Gasteiger partial charge is 0.309 e. The average Bonchev–Trinajstić information content (AvgIpc) is 3.98. The molecule has 0 bridgehead atoms. The Hall–Kier alpha value is -7.08. The molecule has 0 saturated carbocycles. The summed E-state index contributed by atoms with van der Waals surface area (Å²) in [6.45, 7) is 0. The molecular weight excluding hydrogens is 689 g/mol. The Balaban J connectivity index is 1.10. The molecule has 0 unspecified atom stereocenters. The average molecular weight is 721 g/mol. The van der Waals surface area contributed by atoms with E-state index in [1.54, 1.807) is 0 Å². The monoisotopic (exact) mass is 720 g/mol. The highest BCUT2D eigenvalue weighted by molar-refractivity contribution is 7.09. The van der Waals surface area contributed by atoms with E-state index in [4.69, 9.17) is 9.36 Å². The van der Waals surface area contributed by atoms with Crippen molar-refractivity contribution in [2.45, 2.75) is 0 Å². The quantitative estimate of drug-likeness (QED) is 0.171. The highest BCUT2D eigenvalue weighted by atomic mass is 32.1. The van der Waals surface area contributed by atoms with Crippen molar-refractivity contribution in [2.24, 2.45) is 0 Å². The molecule has 0 fully saturated rings. The summed E-state index contributed by atoms with van der Waals surface area (Å²) in [5, 5.41) is 5.59. The Morgan fingerprint density at radius 3 is 1.33 bits per heavy atom. The lowest BCUT2D eigenvalue weighted by Gasteiger charge is -2.14. The number of rotatable bonds is 6. The molecule has 0 aliphatic carbocycles. The second-order valence-electron chi connectivity index (χ2n) is 13.8. The second-order valence-corrected chi connectivity index (χ2v) is 14.5. The topological polar surface area (TPSA) is 35.6 Å². The lowest BCUT2D eigenvalue weighted by Crippen LogP contribution is -1.97. The number of aromatic nitrogens is 4. The van der Waals surface area contributed by atoms with Gasteiger partial charge in [-0.1, -0.05) is 158 Å². The fraction of sp³-hybridized carbons (Fsp3) is 0. The minimum atomic E-state index is 0.736. The molecule has 3 heterocycles. The number of hydrogen-bond donors (Lipinski definition) is 0. The molecule has 258 valence electrons. The first-order valence-corrected chi connectivity index (χ1v) is 19.3. The maximum atomic E-state index is 5.35. The molecular formula is C50H32N4S. The van der Waals surface area contributed by atoms with E-state index in [1.807, 2.05) is 0 Å². The van der Waals surface area contributed by atoms with Gasteiger partial charge in [0.25, 0.3) is 0 Å². The summed E-state index contributed by atoms with van der Waals surface area (Å²) < 4.78 is 9.89. The third-order valence-electron chi connectivity index (χ3n) is 10.8. The highest BCUT2D eigenvalue weighted by Gasteiger charge is 2.23. The van der Waals surface area contributed by atoms with Gasteiger partial charge in [-0.05, 0) is 59.1 Å². The number of hydrogen-bond acceptors (Lipinski definition) is 3. The Morgan fingerprint density at radius 1 is 0.345 bits per heavy atom. The molecule has 5 heteroatoms. The maximum absolute atomic E-state index is 5.35. The van der Waals surface area contributed by atoms with Gasteiger partial charge in [0.05, 0.1) is 33.4 Å². The predicted octanol–water partition coefficient (Wildman–Crippen LogP) is 13.4. The van der Waals surface area contributed by atoms with E-state index >= 15 is 0 Å². The Bertz CT molecular complexity index is 2990. The number of fused-ring (bicyclic) bond motifs is 6. The van der Waals surface area contributed by atoms with Gasteiger partial charge in [-0.15, -0.1) is 0 Å². The molecule has 11 aromatic rings. The van der Waals surface area contributed by atoms with Crippen molar-refractivity contribution >= 4 is 55.1 Å². The fourth-order valence-electron chi connectivity index (χ4n) is 8.43. The number of para-hydroxylation sites is 4. The molecule has 4 nitrogen and oxygen atoms in total. The van der Waals surface area contributed by atoms with E-state index in [1.165, 1.54) is 49.9 Å². The van der Waals surface area contributed by atoms with Crippen LogP contribution < -0.4 is 0 Å². The van der Waals surface area contributed by atoms with Crippen LogP contribution in [0.5, 0.6) is 0 Å². The van der Waals surface area contributed by atoms with Crippen LogP contribution in [0, 0.1) is 0 Å². The predicted molar refractivity (Wildman–Crippen MR) is 230 cm³/mol. The van der Waals surface area contributed by atoms with Crippen LogP contribution in [0.1, 0.15) is 0 Å². The number of benzene rings is 8. The van der Waals surface area contributed by atoms with Crippen LogP contribution >= 0.6 is 11.5 Å². The van der Waals surface area contributed by atoms with Crippen molar-refractivity contribution < 1.29 is 0 Å². The summed E-state index contributed by atoms with van der Waals surface area (Å²) in [5.74, 6) is 0.736. The first kappa shape index (κ1) is 31.4. The van der Waals surface area contributed by atoms with E-state index in [9.17, 15) is 0 Å². The first-order chi connectivity index (χ1) is 27.3. The molecule has 0 spiro atoms. The van der Waals surface area contributed by atoms with E-state index < -0.39 is 0 Å². The first-order valence-electron chi connectivity index (χ1n) is 18.5. The van der Waals surface area contributed by atoms with Crippen LogP contribution in [0.15, 0.2) is 194 Å². The van der Waals surface area contributed by atoms with Crippen LogP contribution in [-0.4, -0.2) is 18.5 Å². The summed E-state index contributed by atoms with van der Waals surface area (Å²) in [4.78, 5) is 5.35. The molecule has 55 heavy (non-hydrogen) atoms. The summed E-state index contributed by atoms with van der Waals surface area (Å²) in [5.41, 5.74) is 13.7. The van der Waals surface area contributed by atoms with Crippen molar-refractivity contribution in [1.82, 2.24) is 18.5 Å². The minimum Gasteiger partial charge on any atom is -0.309 e. The molecule has 3 aromatic heterocycles. The van der Waals surface area contributed by atoms with Gasteiger partial charge in [0.1, 0.15) is 5.01 Å². The number of nitrogens with zero attached hydrogens (tertiary/aromatic N) is 4. The molecule has 0 saturated heterocycles. The summed E-state index contributed by atoms with van der Waals surface area (Å²) in [6, 6.07) is 69.1. The van der Waals surface area contributed by atoms with E-state index in [-0.39, 0.29) is 0 Å². The van der Waals surface area contributed by atoms with Crippen molar-refractivity contribution in [2.75, 3.05) is 0 Å². The molecule has 0 atom stereocenters. The van der Waals surface area contributed by atoms with Crippen molar-refractivity contribution in [3.63, 3.8) is 0 Å². The third kappa shape index (κ3) is 4.98. The molecule has 0 aliphatic rings. The van der Waals surface area contributed by atoms with Gasteiger partial charge in [0.15, 0.2) is 5.82 Å². The van der Waals surface area contributed by atoms with E-state index in [0.29, 0.717) is 0 Å². The molecule has 0 amide bonds. The summed E-state index contributed by atoms with van der Waals surface area (Å²) >= 11 is 1.47. The maximum Gasteiger partial charge on any atom is 0.174 e. The molecule has 11 rings (SSSR count). The van der Waals surface area contributed by atoms with Gasteiger partial charge in [-0.25, -0.2) is 4.98 Å². The lowest BCUT2D eigenvalue weighted by atomic mass is 10.0. The van der Waals surface area contributed by atoms with E-state index in [0.717, 1.165) is 60.8 Å². The second kappa shape index (κ2) is 12.8. The lowest BCUT2D eigenvalue weighted by molar-refractivity contribution is 1.18. The SMILES string of the molecule is c1ccc(-c2ccccc2-n2c3ccccc3c3c(-c4nsc(-c5cccc6c5c5ccccc5n6-c5ccccc5-c5ccccc5)n4)cccc32)cc1. The Labute approximate surface area is 322 Å².